The number of likely N-dealkylation sites (N-methyl/N-ethyl adjacent to an activating group) is 1. The van der Waals surface area contributed by atoms with E-state index in [1.54, 1.807) is 0 Å². The van der Waals surface area contributed by atoms with Crippen molar-refractivity contribution in [2.75, 3.05) is 56.9 Å². The number of hydrogen-bond acceptors (Lipinski definition) is 9. The molecule has 0 bridgehead atoms. The van der Waals surface area contributed by atoms with Crippen LogP contribution in [0.5, 0.6) is 0 Å². The number of pyridine rings is 1. The number of nitrogen functional groups attached to an aromatic ring is 1. The predicted molar refractivity (Wildman–Crippen MR) is 163 cm³/mol. The lowest BCUT2D eigenvalue weighted by Gasteiger charge is -2.37. The summed E-state index contributed by atoms with van der Waals surface area (Å²) in [6, 6.07) is 6.38. The summed E-state index contributed by atoms with van der Waals surface area (Å²) in [5.74, 6) is 1.24. The van der Waals surface area contributed by atoms with Crippen molar-refractivity contribution in [3.63, 3.8) is 0 Å². The van der Waals surface area contributed by atoms with Crippen LogP contribution in [0.3, 0.4) is 0 Å². The number of nitrogens with two attached hydrogens (primary N) is 2. The molecule has 4 heterocycles. The van der Waals surface area contributed by atoms with Crippen molar-refractivity contribution in [2.24, 2.45) is 10.7 Å². The van der Waals surface area contributed by atoms with Gasteiger partial charge >= 0.3 is 0 Å². The summed E-state index contributed by atoms with van der Waals surface area (Å²) in [5.41, 5.74) is 14.9. The number of thiophene rings is 1. The number of aromatic nitrogens is 1. The lowest BCUT2D eigenvalue weighted by Crippen LogP contribution is -2.45. The van der Waals surface area contributed by atoms with E-state index in [1.165, 1.54) is 17.4 Å². The molecule has 0 aromatic carbocycles. The third kappa shape index (κ3) is 5.69. The van der Waals surface area contributed by atoms with Crippen LogP contribution >= 0.6 is 11.3 Å². The molecule has 2 fully saturated rings. The standard InChI is InChI=1S/C30H40N8O2S/c1-4-25(39)38-10-7-19(8-11-38)20-16-22(34-24(17-20)37-14-12-36(3)13-15-37)27(32)35-29(40)30(2)9-5-6-23-26(30)21(18-31)28(33)41-23/h4,16-17,19,29,40H,1,5-15,33H2,2-3H3,(H2,32,35). The number of carbonyl (C=O) groups is 1. The summed E-state index contributed by atoms with van der Waals surface area (Å²) < 4.78 is 0. The van der Waals surface area contributed by atoms with Crippen molar-refractivity contribution in [1.82, 2.24) is 14.8 Å². The number of amidine groups is 1. The summed E-state index contributed by atoms with van der Waals surface area (Å²) in [7, 11) is 2.12. The fourth-order valence-corrected chi connectivity index (χ4v) is 7.59. The van der Waals surface area contributed by atoms with Crippen LogP contribution in [0, 0.1) is 11.3 Å². The van der Waals surface area contributed by atoms with E-state index < -0.39 is 11.6 Å². The highest BCUT2D eigenvalue weighted by Crippen LogP contribution is 2.47. The van der Waals surface area contributed by atoms with Crippen molar-refractivity contribution in [3.05, 3.63) is 52.0 Å². The summed E-state index contributed by atoms with van der Waals surface area (Å²) in [5, 5.41) is 21.8. The van der Waals surface area contributed by atoms with Crippen molar-refractivity contribution >= 4 is 33.9 Å². The van der Waals surface area contributed by atoms with Gasteiger partial charge in [-0.3, -0.25) is 4.79 Å². The molecule has 11 heteroatoms. The van der Waals surface area contributed by atoms with Crippen LogP contribution in [0.15, 0.2) is 29.8 Å². The monoisotopic (exact) mass is 576 g/mol. The molecule has 1 aliphatic carbocycles. The second kappa shape index (κ2) is 11.8. The van der Waals surface area contributed by atoms with Crippen molar-refractivity contribution < 1.29 is 9.90 Å². The Balaban J connectivity index is 1.47. The van der Waals surface area contributed by atoms with E-state index in [4.69, 9.17) is 16.5 Å². The number of nitrogens with zero attached hydrogens (tertiary/aromatic N) is 6. The van der Waals surface area contributed by atoms with Gasteiger partial charge < -0.3 is 31.3 Å². The minimum Gasteiger partial charge on any atom is -0.389 e. The van der Waals surface area contributed by atoms with Gasteiger partial charge in [-0.1, -0.05) is 13.5 Å². The number of rotatable bonds is 6. The number of piperazine rings is 1. The minimum atomic E-state index is -1.16. The maximum atomic E-state index is 12.1. The zero-order valence-corrected chi connectivity index (χ0v) is 24.8. The van der Waals surface area contributed by atoms with E-state index in [0.29, 0.717) is 35.8 Å². The Morgan fingerprint density at radius 3 is 2.66 bits per heavy atom. The van der Waals surface area contributed by atoms with E-state index >= 15 is 0 Å². The van der Waals surface area contributed by atoms with Gasteiger partial charge in [-0.25, -0.2) is 9.98 Å². The first kappa shape index (κ1) is 29.0. The molecule has 2 aromatic heterocycles. The SMILES string of the molecule is C=CC(=O)N1CCC(c2cc(/C(N)=N/C(O)C3(C)CCCc4sc(N)c(C#N)c43)nc(N3CCN(C)CC3)c2)CC1. The van der Waals surface area contributed by atoms with E-state index in [2.05, 4.69) is 40.6 Å². The fourth-order valence-electron chi connectivity index (χ4n) is 6.39. The molecule has 5 N–H and O–H groups in total. The van der Waals surface area contributed by atoms with E-state index in [0.717, 1.165) is 73.7 Å². The van der Waals surface area contributed by atoms with Crippen LogP contribution in [0.2, 0.25) is 0 Å². The van der Waals surface area contributed by atoms with Gasteiger partial charge in [-0.05, 0) is 74.4 Å². The predicted octanol–water partition coefficient (Wildman–Crippen LogP) is 2.56. The highest BCUT2D eigenvalue weighted by Gasteiger charge is 2.43. The summed E-state index contributed by atoms with van der Waals surface area (Å²) in [6.45, 7) is 10.5. The van der Waals surface area contributed by atoms with Crippen LogP contribution in [-0.2, 0) is 16.6 Å². The zero-order chi connectivity index (χ0) is 29.3. The first-order valence-electron chi connectivity index (χ1n) is 14.3. The molecule has 1 amide bonds. The lowest BCUT2D eigenvalue weighted by atomic mass is 9.71. The number of hydrogen-bond donors (Lipinski definition) is 3. The number of amides is 1. The Labute approximate surface area is 246 Å². The average molecular weight is 577 g/mol. The van der Waals surface area contributed by atoms with Crippen molar-refractivity contribution in [1.29, 1.82) is 5.26 Å². The molecular formula is C30H40N8O2S. The van der Waals surface area contributed by atoms with Gasteiger partial charge in [0.2, 0.25) is 5.91 Å². The van der Waals surface area contributed by atoms with Crippen LogP contribution in [0.4, 0.5) is 10.8 Å². The van der Waals surface area contributed by atoms with Gasteiger partial charge in [0, 0.05) is 49.6 Å². The number of likely N-dealkylation sites (tertiary alicyclic amines) is 1. The van der Waals surface area contributed by atoms with E-state index in [1.807, 2.05) is 17.9 Å². The summed E-state index contributed by atoms with van der Waals surface area (Å²) in [6.07, 6.45) is 4.26. The Bertz CT molecular complexity index is 1380. The Morgan fingerprint density at radius 1 is 1.29 bits per heavy atom. The number of aliphatic hydroxyl groups excluding tert-OH is 1. The third-order valence-corrected chi connectivity index (χ3v) is 10.1. The first-order valence-corrected chi connectivity index (χ1v) is 15.2. The molecule has 41 heavy (non-hydrogen) atoms. The van der Waals surface area contributed by atoms with Gasteiger partial charge in [0.1, 0.15) is 28.4 Å². The number of anilines is 2. The molecule has 0 radical (unpaired) electrons. The van der Waals surface area contributed by atoms with Crippen molar-refractivity contribution in [2.45, 2.75) is 56.6 Å². The van der Waals surface area contributed by atoms with Crippen molar-refractivity contribution in [3.8, 4) is 6.07 Å². The molecule has 10 nitrogen and oxygen atoms in total. The number of aliphatic hydroxyl groups is 1. The topological polar surface area (TPSA) is 148 Å². The largest absolute Gasteiger partial charge is 0.389 e. The van der Waals surface area contributed by atoms with Crippen LogP contribution in [0.25, 0.3) is 0 Å². The molecule has 0 saturated carbocycles. The molecule has 0 spiro atoms. The number of piperidine rings is 1. The Kier molecular flexibility index (Phi) is 8.36. The number of carbonyl (C=O) groups excluding carboxylic acids is 1. The van der Waals surface area contributed by atoms with E-state index in [-0.39, 0.29) is 17.7 Å². The molecular weight excluding hydrogens is 536 g/mol. The number of nitriles is 1. The molecule has 5 rings (SSSR count). The molecule has 218 valence electrons. The lowest BCUT2D eigenvalue weighted by molar-refractivity contribution is -0.127. The molecule has 3 aliphatic rings. The minimum absolute atomic E-state index is 0.0337. The number of fused-ring (bicyclic) bond motifs is 1. The second-order valence-electron chi connectivity index (χ2n) is 11.6. The number of aliphatic imine (C=N–C) groups is 1. The van der Waals surface area contributed by atoms with Gasteiger partial charge in [-0.15, -0.1) is 11.3 Å². The van der Waals surface area contributed by atoms with E-state index in [9.17, 15) is 15.2 Å². The molecule has 2 atom stereocenters. The second-order valence-corrected chi connectivity index (χ2v) is 12.8. The fraction of sp³-hybridized carbons (Fsp3) is 0.533. The van der Waals surface area contributed by atoms with Crippen LogP contribution < -0.4 is 16.4 Å². The molecule has 2 unspecified atom stereocenters. The normalized spacial score (nSPS) is 23.1. The molecule has 2 saturated heterocycles. The van der Waals surface area contributed by atoms with Gasteiger partial charge in [-0.2, -0.15) is 5.26 Å². The molecule has 2 aromatic rings. The highest BCUT2D eigenvalue weighted by atomic mass is 32.1. The van der Waals surface area contributed by atoms with Gasteiger partial charge in [0.05, 0.1) is 5.56 Å². The summed E-state index contributed by atoms with van der Waals surface area (Å²) >= 11 is 1.43. The quantitative estimate of drug-likeness (QED) is 0.270. The first-order chi connectivity index (χ1) is 19.6. The maximum absolute atomic E-state index is 12.1. The van der Waals surface area contributed by atoms with Gasteiger partial charge in [0.15, 0.2) is 6.23 Å². The third-order valence-electron chi connectivity index (χ3n) is 9.00. The van der Waals surface area contributed by atoms with Gasteiger partial charge in [0.25, 0.3) is 0 Å². The Morgan fingerprint density at radius 2 is 2.00 bits per heavy atom. The summed E-state index contributed by atoms with van der Waals surface area (Å²) in [4.78, 5) is 29.1. The Hall–Kier alpha value is -3.46. The zero-order valence-electron chi connectivity index (χ0n) is 24.0. The molecule has 2 aliphatic heterocycles. The van der Waals surface area contributed by atoms with Crippen LogP contribution in [-0.4, -0.2) is 84.2 Å². The highest BCUT2D eigenvalue weighted by molar-refractivity contribution is 7.16. The maximum Gasteiger partial charge on any atom is 0.245 e. The number of aryl methyl sites for hydroxylation is 1. The smallest absolute Gasteiger partial charge is 0.245 e. The average Bonchev–Trinajstić information content (AvgIpc) is 3.33. The van der Waals surface area contributed by atoms with Crippen LogP contribution in [0.1, 0.15) is 65.8 Å².